The van der Waals surface area contributed by atoms with Gasteiger partial charge >= 0.3 is 0 Å². The van der Waals surface area contributed by atoms with E-state index in [1.807, 2.05) is 0 Å². The van der Waals surface area contributed by atoms with Gasteiger partial charge in [0.2, 0.25) is 0 Å². The maximum atomic E-state index is 9.39. The number of methoxy groups -OCH3 is 1. The minimum absolute atomic E-state index is 0.667. The van der Waals surface area contributed by atoms with E-state index in [2.05, 4.69) is 0 Å². The van der Waals surface area contributed by atoms with Crippen LogP contribution in [-0.4, -0.2) is 47.3 Å². The van der Waals surface area contributed by atoms with Crippen LogP contribution in [0.15, 0.2) is 0 Å². The van der Waals surface area contributed by atoms with Gasteiger partial charge in [-0.15, -0.1) is 0 Å². The summed E-state index contributed by atoms with van der Waals surface area (Å²) in [5.74, 6) is -1.75. The maximum Gasteiger partial charge on any atom is 0.106 e. The summed E-state index contributed by atoms with van der Waals surface area (Å²) in [6.07, 6.45) is -4.78. The van der Waals surface area contributed by atoms with Crippen LogP contribution in [0.4, 0.5) is 0 Å². The number of aliphatic hydroxyl groups excluding tert-OH is 3. The van der Waals surface area contributed by atoms with Crippen molar-refractivity contribution in [2.45, 2.75) is 24.7 Å². The van der Waals surface area contributed by atoms with E-state index in [0.29, 0.717) is 0 Å². The first kappa shape index (κ1) is 6.37. The highest BCUT2D eigenvalue weighted by Crippen LogP contribution is 2.27. The molecule has 5 atom stereocenters. The number of hydrogen-bond acceptors (Lipinski definition) is 4. The van der Waals surface area contributed by atoms with E-state index in [1.165, 1.54) is 7.11 Å². The van der Waals surface area contributed by atoms with Gasteiger partial charge in [0.05, 0.1) is 12.2 Å². The molecule has 1 saturated carbocycles. The van der Waals surface area contributed by atoms with Crippen molar-refractivity contribution in [3.8, 4) is 0 Å². The molecule has 4 nitrogen and oxygen atoms in total. The van der Waals surface area contributed by atoms with Crippen molar-refractivity contribution in [3.05, 3.63) is 0 Å². The molecule has 0 bridgehead atoms. The normalized spacial score (nSPS) is 60.7. The van der Waals surface area contributed by atoms with Crippen molar-refractivity contribution in [2.24, 2.45) is 5.89 Å². The second-order valence-electron chi connectivity index (χ2n) is 2.54. The molecule has 11 heavy (non-hydrogen) atoms. The quantitative estimate of drug-likeness (QED) is 0.476. The average molecular weight is 164 g/mol. The van der Waals surface area contributed by atoms with Gasteiger partial charge in [-0.05, 0) is 6.40 Å². The lowest BCUT2D eigenvalue weighted by Crippen LogP contribution is -2.32. The summed E-state index contributed by atoms with van der Waals surface area (Å²) >= 11 is 0. The monoisotopic (exact) mass is 164 g/mol. The van der Waals surface area contributed by atoms with E-state index in [0.717, 1.165) is 0 Å². The van der Waals surface area contributed by atoms with Crippen molar-refractivity contribution >= 4 is 0 Å². The zero-order valence-corrected chi connectivity index (χ0v) is 6.27. The molecule has 1 aliphatic rings. The fourth-order valence-electron chi connectivity index (χ4n) is 1.16. The smallest absolute Gasteiger partial charge is 0.106 e. The standard InChI is InChI=1S/C7H14O4/c1-11-5-2-4(3-8)6(9)7(5)10/h4-10H,2-3H2,1H3/t4-,5+,6-,7-/m1/s1/i2D,4D/t2-,4+,5-,6+,7+/m0. The van der Waals surface area contributed by atoms with Crippen LogP contribution in [0.3, 0.4) is 0 Å². The zero-order chi connectivity index (χ0) is 10.2. The van der Waals surface area contributed by atoms with Gasteiger partial charge in [0.25, 0.3) is 0 Å². The molecule has 0 aromatic rings. The lowest BCUT2D eigenvalue weighted by Gasteiger charge is -2.14. The van der Waals surface area contributed by atoms with E-state index in [-0.39, 0.29) is 0 Å². The molecule has 0 aromatic heterocycles. The average Bonchev–Trinajstić information content (AvgIpc) is 2.29. The Morgan fingerprint density at radius 3 is 2.55 bits per heavy atom. The minimum Gasteiger partial charge on any atom is -0.396 e. The summed E-state index contributed by atoms with van der Waals surface area (Å²) in [7, 11) is 1.30. The second kappa shape index (κ2) is 3.49. The maximum absolute atomic E-state index is 9.39. The number of aliphatic hydroxyl groups is 3. The van der Waals surface area contributed by atoms with Gasteiger partial charge in [-0.3, -0.25) is 0 Å². The lowest BCUT2D eigenvalue weighted by molar-refractivity contribution is -0.0440. The predicted molar refractivity (Wildman–Crippen MR) is 38.0 cm³/mol. The van der Waals surface area contributed by atoms with Gasteiger partial charge in [-0.25, -0.2) is 0 Å². The molecule has 66 valence electrons. The topological polar surface area (TPSA) is 69.9 Å². The highest BCUT2D eigenvalue weighted by atomic mass is 16.5. The molecule has 0 aliphatic heterocycles. The van der Waals surface area contributed by atoms with E-state index < -0.39 is 37.2 Å². The van der Waals surface area contributed by atoms with Gasteiger partial charge < -0.3 is 20.1 Å². The molecule has 0 spiro atoms. The Bertz CT molecular complexity index is 189. The molecule has 4 heteroatoms. The summed E-state index contributed by atoms with van der Waals surface area (Å²) in [4.78, 5) is 0. The van der Waals surface area contributed by atoms with Gasteiger partial charge in [0.15, 0.2) is 0 Å². The number of ether oxygens (including phenoxy) is 1. The lowest BCUT2D eigenvalue weighted by atomic mass is 10.1. The number of rotatable bonds is 2. The first-order valence-electron chi connectivity index (χ1n) is 4.48. The van der Waals surface area contributed by atoms with Crippen LogP contribution >= 0.6 is 0 Å². The molecule has 0 radical (unpaired) electrons. The Balaban J connectivity index is 2.90. The molecule has 3 N–H and O–H groups in total. The third-order valence-corrected chi connectivity index (χ3v) is 1.87. The van der Waals surface area contributed by atoms with E-state index in [9.17, 15) is 10.2 Å². The molecule has 1 rings (SSSR count). The van der Waals surface area contributed by atoms with E-state index in [4.69, 9.17) is 12.6 Å². The zero-order valence-electron chi connectivity index (χ0n) is 8.27. The van der Waals surface area contributed by atoms with Crippen molar-refractivity contribution in [1.29, 1.82) is 0 Å². The molecular weight excluding hydrogens is 148 g/mol. The Kier molecular flexibility index (Phi) is 2.02. The molecular formula is C7H14O4. The largest absolute Gasteiger partial charge is 0.396 e. The SMILES string of the molecule is [2H][C@@H]1[C@H](OC)[C@@H](O)[C@H](O)[C@@]1([2H])CO. The third-order valence-electron chi connectivity index (χ3n) is 1.87. The summed E-state index contributed by atoms with van der Waals surface area (Å²) < 4.78 is 19.9. The highest BCUT2D eigenvalue weighted by Gasteiger charge is 2.40. The Morgan fingerprint density at radius 2 is 2.27 bits per heavy atom. The Hall–Kier alpha value is -0.160. The van der Waals surface area contributed by atoms with Crippen LogP contribution in [0, 0.1) is 5.89 Å². The fraction of sp³-hybridized carbons (Fsp3) is 1.00. The summed E-state index contributed by atoms with van der Waals surface area (Å²) in [6, 6.07) is 0. The highest BCUT2D eigenvalue weighted by molar-refractivity contribution is 4.91. The minimum atomic E-state index is -1.75. The van der Waals surface area contributed by atoms with Gasteiger partial charge in [0.1, 0.15) is 6.10 Å². The summed E-state index contributed by atoms with van der Waals surface area (Å²) in [5, 5.41) is 27.6. The molecule has 0 heterocycles. The van der Waals surface area contributed by atoms with Gasteiger partial charge in [0, 0.05) is 22.4 Å². The van der Waals surface area contributed by atoms with Crippen LogP contribution in [-0.2, 0) is 4.74 Å². The van der Waals surface area contributed by atoms with Crippen LogP contribution in [0.2, 0.25) is 0 Å². The molecule has 0 amide bonds. The number of hydrogen-bond donors (Lipinski definition) is 3. The van der Waals surface area contributed by atoms with Crippen LogP contribution in [0.25, 0.3) is 0 Å². The third kappa shape index (κ3) is 1.54. The van der Waals surface area contributed by atoms with Crippen LogP contribution in [0.5, 0.6) is 0 Å². The summed E-state index contributed by atoms with van der Waals surface area (Å²) in [5.41, 5.74) is 0. The molecule has 1 aliphatic carbocycles. The predicted octanol–water partition coefficient (Wildman–Crippen LogP) is -1.26. The van der Waals surface area contributed by atoms with Gasteiger partial charge in [-0.2, -0.15) is 0 Å². The summed E-state index contributed by atoms with van der Waals surface area (Å²) in [6.45, 7) is -0.667. The molecule has 0 saturated heterocycles. The van der Waals surface area contributed by atoms with E-state index >= 15 is 0 Å². The first-order chi connectivity index (χ1) is 5.99. The van der Waals surface area contributed by atoms with Crippen molar-refractivity contribution < 1.29 is 22.8 Å². The van der Waals surface area contributed by atoms with Crippen molar-refractivity contribution in [1.82, 2.24) is 0 Å². The fourth-order valence-corrected chi connectivity index (χ4v) is 1.16. The van der Waals surface area contributed by atoms with Crippen LogP contribution < -0.4 is 0 Å². The van der Waals surface area contributed by atoms with Gasteiger partial charge in [-0.1, -0.05) is 0 Å². The molecule has 1 fully saturated rings. The van der Waals surface area contributed by atoms with E-state index in [1.54, 1.807) is 0 Å². The molecule has 0 aromatic carbocycles. The first-order valence-corrected chi connectivity index (χ1v) is 3.41. The van der Waals surface area contributed by atoms with Crippen molar-refractivity contribution in [3.63, 3.8) is 0 Å². The van der Waals surface area contributed by atoms with Crippen molar-refractivity contribution in [2.75, 3.05) is 13.7 Å². The van der Waals surface area contributed by atoms with Crippen LogP contribution in [0.1, 0.15) is 9.14 Å². The Labute approximate surface area is 68.2 Å². The Morgan fingerprint density at radius 1 is 1.64 bits per heavy atom. The second-order valence-corrected chi connectivity index (χ2v) is 2.54. The molecule has 0 unspecified atom stereocenters.